The van der Waals surface area contributed by atoms with E-state index in [0.29, 0.717) is 12.1 Å². The zero-order valence-corrected chi connectivity index (χ0v) is 10.1. The molecule has 1 heterocycles. The molecule has 0 unspecified atom stereocenters. The molecule has 2 N–H and O–H groups in total. The van der Waals surface area contributed by atoms with E-state index in [-0.39, 0.29) is 18.0 Å². The van der Waals surface area contributed by atoms with Crippen LogP contribution in [0.4, 0.5) is 5.69 Å². The quantitative estimate of drug-likeness (QED) is 0.774. The van der Waals surface area contributed by atoms with E-state index in [1.54, 1.807) is 6.20 Å². The van der Waals surface area contributed by atoms with Crippen LogP contribution in [0.3, 0.4) is 0 Å². The molecule has 0 aromatic carbocycles. The van der Waals surface area contributed by atoms with Crippen molar-refractivity contribution in [3.63, 3.8) is 0 Å². The SMILES string of the molecule is O=C(Cn1ncc(NC2CC2)cc1=O)NC1CC1. The van der Waals surface area contributed by atoms with Gasteiger partial charge in [0, 0.05) is 18.2 Å². The van der Waals surface area contributed by atoms with Gasteiger partial charge in [-0.25, -0.2) is 4.68 Å². The minimum absolute atomic E-state index is 0.000950. The van der Waals surface area contributed by atoms with Crippen LogP contribution in [0.1, 0.15) is 25.7 Å². The van der Waals surface area contributed by atoms with Gasteiger partial charge in [-0.15, -0.1) is 0 Å². The summed E-state index contributed by atoms with van der Waals surface area (Å²) in [6, 6.07) is 2.29. The average molecular weight is 248 g/mol. The summed E-state index contributed by atoms with van der Waals surface area (Å²) in [4.78, 5) is 23.3. The Morgan fingerprint density at radius 1 is 1.33 bits per heavy atom. The Labute approximate surface area is 104 Å². The molecule has 18 heavy (non-hydrogen) atoms. The van der Waals surface area contributed by atoms with Crippen molar-refractivity contribution in [2.75, 3.05) is 5.32 Å². The van der Waals surface area contributed by atoms with Gasteiger partial charge in [0.1, 0.15) is 6.54 Å². The van der Waals surface area contributed by atoms with Gasteiger partial charge in [-0.1, -0.05) is 0 Å². The largest absolute Gasteiger partial charge is 0.381 e. The standard InChI is InChI=1S/C12H16N4O2/c17-11(15-9-3-4-9)7-16-12(18)5-10(6-13-16)14-8-1-2-8/h5-6,8-9,14H,1-4,7H2,(H,15,17). The highest BCUT2D eigenvalue weighted by molar-refractivity contribution is 5.76. The van der Waals surface area contributed by atoms with E-state index in [1.165, 1.54) is 10.7 Å². The number of nitrogens with zero attached hydrogens (tertiary/aromatic N) is 2. The molecule has 0 bridgehead atoms. The van der Waals surface area contributed by atoms with E-state index in [2.05, 4.69) is 15.7 Å². The van der Waals surface area contributed by atoms with Crippen LogP contribution < -0.4 is 16.2 Å². The summed E-state index contributed by atoms with van der Waals surface area (Å²) >= 11 is 0. The van der Waals surface area contributed by atoms with Gasteiger partial charge in [-0.2, -0.15) is 5.10 Å². The van der Waals surface area contributed by atoms with Crippen LogP contribution in [0.2, 0.25) is 0 Å². The molecular weight excluding hydrogens is 232 g/mol. The third-order valence-corrected chi connectivity index (χ3v) is 3.05. The zero-order valence-electron chi connectivity index (χ0n) is 10.1. The fourth-order valence-electron chi connectivity index (χ4n) is 1.73. The lowest BCUT2D eigenvalue weighted by molar-refractivity contribution is -0.122. The highest BCUT2D eigenvalue weighted by atomic mass is 16.2. The van der Waals surface area contributed by atoms with Crippen LogP contribution in [-0.2, 0) is 11.3 Å². The van der Waals surface area contributed by atoms with Gasteiger partial charge >= 0.3 is 0 Å². The smallest absolute Gasteiger partial charge is 0.269 e. The molecule has 6 heteroatoms. The molecule has 2 aliphatic rings. The van der Waals surface area contributed by atoms with Crippen molar-refractivity contribution in [2.45, 2.75) is 44.3 Å². The predicted molar refractivity (Wildman–Crippen MR) is 66.3 cm³/mol. The van der Waals surface area contributed by atoms with Gasteiger partial charge in [-0.05, 0) is 25.7 Å². The molecule has 0 spiro atoms. The van der Waals surface area contributed by atoms with E-state index < -0.39 is 0 Å². The second-order valence-electron chi connectivity index (χ2n) is 5.00. The first-order valence-corrected chi connectivity index (χ1v) is 6.34. The van der Waals surface area contributed by atoms with Gasteiger partial charge in [0.2, 0.25) is 5.91 Å². The number of amides is 1. The lowest BCUT2D eigenvalue weighted by Crippen LogP contribution is -2.34. The lowest BCUT2D eigenvalue weighted by atomic mass is 10.4. The van der Waals surface area contributed by atoms with Gasteiger partial charge in [-0.3, -0.25) is 9.59 Å². The van der Waals surface area contributed by atoms with Crippen LogP contribution in [0.25, 0.3) is 0 Å². The number of aromatic nitrogens is 2. The molecule has 1 aromatic heterocycles. The second kappa shape index (κ2) is 4.44. The molecule has 2 saturated carbocycles. The molecule has 0 aliphatic heterocycles. The minimum Gasteiger partial charge on any atom is -0.381 e. The topological polar surface area (TPSA) is 76.0 Å². The number of carbonyl (C=O) groups excluding carboxylic acids is 1. The Bertz CT molecular complexity index is 517. The molecule has 1 amide bonds. The van der Waals surface area contributed by atoms with Crippen LogP contribution in [0.15, 0.2) is 17.1 Å². The minimum atomic E-state index is -0.244. The van der Waals surface area contributed by atoms with E-state index in [4.69, 9.17) is 0 Å². The number of anilines is 1. The summed E-state index contributed by atoms with van der Waals surface area (Å²) < 4.78 is 1.19. The van der Waals surface area contributed by atoms with E-state index in [0.717, 1.165) is 31.4 Å². The highest BCUT2D eigenvalue weighted by Gasteiger charge is 2.24. The normalized spacial score (nSPS) is 18.4. The third-order valence-electron chi connectivity index (χ3n) is 3.05. The Kier molecular flexibility index (Phi) is 2.77. The maximum Gasteiger partial charge on any atom is 0.269 e. The average Bonchev–Trinajstić information content (AvgIpc) is 3.18. The second-order valence-corrected chi connectivity index (χ2v) is 5.00. The summed E-state index contributed by atoms with van der Waals surface area (Å²) in [6.07, 6.45) is 5.97. The summed E-state index contributed by atoms with van der Waals surface area (Å²) in [5, 5.41) is 10.0. The predicted octanol–water partition coefficient (Wildman–Crippen LogP) is 0.0962. The number of carbonyl (C=O) groups is 1. The molecule has 0 radical (unpaired) electrons. The maximum absolute atomic E-state index is 11.8. The molecule has 1 aromatic rings. The molecule has 3 rings (SSSR count). The first-order valence-electron chi connectivity index (χ1n) is 6.34. The van der Waals surface area contributed by atoms with Gasteiger partial charge in [0.15, 0.2) is 0 Å². The summed E-state index contributed by atoms with van der Waals surface area (Å²) in [5.41, 5.74) is 0.493. The Morgan fingerprint density at radius 3 is 2.67 bits per heavy atom. The number of rotatable bonds is 5. The lowest BCUT2D eigenvalue weighted by Gasteiger charge is -2.07. The number of hydrogen-bond acceptors (Lipinski definition) is 4. The van der Waals surface area contributed by atoms with Gasteiger partial charge < -0.3 is 10.6 Å². The molecule has 0 atom stereocenters. The maximum atomic E-state index is 11.8. The number of nitrogens with one attached hydrogen (secondary N) is 2. The van der Waals surface area contributed by atoms with Crippen molar-refractivity contribution in [1.82, 2.24) is 15.1 Å². The van der Waals surface area contributed by atoms with Gasteiger partial charge in [0.25, 0.3) is 5.56 Å². The van der Waals surface area contributed by atoms with Crippen molar-refractivity contribution in [1.29, 1.82) is 0 Å². The van der Waals surface area contributed by atoms with Crippen LogP contribution >= 0.6 is 0 Å². The van der Waals surface area contributed by atoms with Gasteiger partial charge in [0.05, 0.1) is 11.9 Å². The van der Waals surface area contributed by atoms with Crippen molar-refractivity contribution in [3.8, 4) is 0 Å². The monoisotopic (exact) mass is 248 g/mol. The molecule has 2 fully saturated rings. The molecule has 96 valence electrons. The Hall–Kier alpha value is -1.85. The first-order chi connectivity index (χ1) is 8.70. The molecule has 6 nitrogen and oxygen atoms in total. The Morgan fingerprint density at radius 2 is 2.06 bits per heavy atom. The third kappa shape index (κ3) is 2.88. The van der Waals surface area contributed by atoms with Crippen molar-refractivity contribution in [2.24, 2.45) is 0 Å². The molecule has 2 aliphatic carbocycles. The molecule has 0 saturated heterocycles. The fourth-order valence-corrected chi connectivity index (χ4v) is 1.73. The van der Waals surface area contributed by atoms with Crippen molar-refractivity contribution < 1.29 is 4.79 Å². The van der Waals surface area contributed by atoms with E-state index in [1.807, 2.05) is 0 Å². The summed E-state index contributed by atoms with van der Waals surface area (Å²) in [5.74, 6) is -0.144. The van der Waals surface area contributed by atoms with E-state index >= 15 is 0 Å². The fraction of sp³-hybridized carbons (Fsp3) is 0.583. The molecular formula is C12H16N4O2. The van der Waals surface area contributed by atoms with Crippen molar-refractivity contribution in [3.05, 3.63) is 22.6 Å². The van der Waals surface area contributed by atoms with E-state index in [9.17, 15) is 9.59 Å². The summed E-state index contributed by atoms with van der Waals surface area (Å²) in [6.45, 7) is -0.000950. The summed E-state index contributed by atoms with van der Waals surface area (Å²) in [7, 11) is 0. The zero-order chi connectivity index (χ0) is 12.5. The van der Waals surface area contributed by atoms with Crippen LogP contribution in [0.5, 0.6) is 0 Å². The van der Waals surface area contributed by atoms with Crippen LogP contribution in [-0.4, -0.2) is 27.8 Å². The number of hydrogen-bond donors (Lipinski definition) is 2. The van der Waals surface area contributed by atoms with Crippen LogP contribution in [0, 0.1) is 0 Å². The highest BCUT2D eigenvalue weighted by Crippen LogP contribution is 2.23. The Balaban J connectivity index is 1.63. The first kappa shape index (κ1) is 11.3. The van der Waals surface area contributed by atoms with Crippen molar-refractivity contribution >= 4 is 11.6 Å².